The number of likely N-dealkylation sites (tertiary alicyclic amines) is 1. The summed E-state index contributed by atoms with van der Waals surface area (Å²) in [7, 11) is 0. The second kappa shape index (κ2) is 8.28. The van der Waals surface area contributed by atoms with E-state index in [4.69, 9.17) is 4.99 Å². The number of nitrogens with one attached hydrogen (secondary N) is 2. The van der Waals surface area contributed by atoms with E-state index in [0.717, 1.165) is 61.1 Å². The van der Waals surface area contributed by atoms with Gasteiger partial charge in [0.05, 0.1) is 17.4 Å². The third-order valence-corrected chi connectivity index (χ3v) is 5.86. The lowest BCUT2D eigenvalue weighted by atomic mass is 10.0. The van der Waals surface area contributed by atoms with Gasteiger partial charge in [0.1, 0.15) is 5.84 Å². The molecule has 0 spiro atoms. The molecule has 1 aromatic heterocycles. The van der Waals surface area contributed by atoms with Crippen LogP contribution in [0.2, 0.25) is 0 Å². The lowest BCUT2D eigenvalue weighted by Gasteiger charge is -2.30. The Morgan fingerprint density at radius 1 is 0.967 bits per heavy atom. The summed E-state index contributed by atoms with van der Waals surface area (Å²) in [4.78, 5) is 12.2. The highest BCUT2D eigenvalue weighted by Gasteiger charge is 2.23. The standard InChI is InChI=1S/C25H27N5/c1-18-9-10-22-21(16-18)24(29-23-8-5-13-26-25(23)28-22)27-20-11-14-30(15-12-20)17-19-6-3-2-4-7-19/h2-10,13,16,20H,11-12,14-15,17H2,1H3,(H,26,28)(H,27,29). The largest absolute Gasteiger partial charge is 0.338 e. The number of benzene rings is 2. The van der Waals surface area contributed by atoms with Crippen LogP contribution in [0.15, 0.2) is 71.9 Å². The van der Waals surface area contributed by atoms with Gasteiger partial charge in [-0.15, -0.1) is 0 Å². The van der Waals surface area contributed by atoms with Crippen molar-refractivity contribution in [2.45, 2.75) is 32.4 Å². The molecule has 0 saturated carbocycles. The van der Waals surface area contributed by atoms with E-state index in [1.54, 1.807) is 0 Å². The zero-order valence-corrected chi connectivity index (χ0v) is 17.3. The van der Waals surface area contributed by atoms with Gasteiger partial charge in [-0.25, -0.2) is 4.98 Å². The van der Waals surface area contributed by atoms with Gasteiger partial charge in [0.25, 0.3) is 0 Å². The van der Waals surface area contributed by atoms with Crippen molar-refractivity contribution >= 4 is 23.0 Å². The van der Waals surface area contributed by atoms with Gasteiger partial charge in [0.2, 0.25) is 0 Å². The first-order valence-corrected chi connectivity index (χ1v) is 10.7. The molecule has 30 heavy (non-hydrogen) atoms. The Kier molecular flexibility index (Phi) is 5.20. The van der Waals surface area contributed by atoms with E-state index in [9.17, 15) is 0 Å². The molecule has 2 aromatic carbocycles. The highest BCUT2D eigenvalue weighted by atomic mass is 15.1. The summed E-state index contributed by atoms with van der Waals surface area (Å²) in [6.07, 6.45) is 3.96. The van der Waals surface area contributed by atoms with E-state index in [1.165, 1.54) is 11.1 Å². The molecular formula is C25H27N5. The summed E-state index contributed by atoms with van der Waals surface area (Å²) < 4.78 is 0. The number of aromatic nitrogens is 1. The molecule has 1 fully saturated rings. The van der Waals surface area contributed by atoms with Gasteiger partial charge >= 0.3 is 0 Å². The van der Waals surface area contributed by atoms with Crippen LogP contribution >= 0.6 is 0 Å². The number of rotatable bonds is 3. The lowest BCUT2D eigenvalue weighted by Crippen LogP contribution is -2.35. The maximum Gasteiger partial charge on any atom is 0.154 e. The smallest absolute Gasteiger partial charge is 0.154 e. The number of anilines is 3. The van der Waals surface area contributed by atoms with Crippen molar-refractivity contribution in [1.29, 1.82) is 0 Å². The summed E-state index contributed by atoms with van der Waals surface area (Å²) >= 11 is 0. The molecule has 0 bridgehead atoms. The van der Waals surface area contributed by atoms with Crippen molar-refractivity contribution in [3.63, 3.8) is 0 Å². The maximum absolute atomic E-state index is 5.19. The molecule has 5 rings (SSSR count). The van der Waals surface area contributed by atoms with E-state index in [1.807, 2.05) is 18.3 Å². The Labute approximate surface area is 177 Å². The number of aliphatic imine (C=N–C) groups is 1. The molecule has 2 aliphatic heterocycles. The van der Waals surface area contributed by atoms with Gasteiger partial charge in [0, 0.05) is 31.4 Å². The summed E-state index contributed by atoms with van der Waals surface area (Å²) in [5.74, 6) is 1.78. The molecule has 5 nitrogen and oxygen atoms in total. The van der Waals surface area contributed by atoms with Gasteiger partial charge in [0.15, 0.2) is 5.82 Å². The summed E-state index contributed by atoms with van der Waals surface area (Å²) in [5.41, 5.74) is 5.73. The van der Waals surface area contributed by atoms with Crippen LogP contribution in [0, 0.1) is 6.92 Å². The third-order valence-electron chi connectivity index (χ3n) is 5.86. The average molecular weight is 398 g/mol. The second-order valence-corrected chi connectivity index (χ2v) is 8.17. The van der Waals surface area contributed by atoms with E-state index in [2.05, 4.69) is 76.0 Å². The zero-order valence-electron chi connectivity index (χ0n) is 17.3. The fourth-order valence-electron chi connectivity index (χ4n) is 4.22. The van der Waals surface area contributed by atoms with Crippen molar-refractivity contribution in [3.8, 4) is 0 Å². The molecule has 0 unspecified atom stereocenters. The van der Waals surface area contributed by atoms with Gasteiger partial charge in [-0.3, -0.25) is 9.89 Å². The molecule has 1 saturated heterocycles. The Morgan fingerprint density at radius 2 is 1.80 bits per heavy atom. The fraction of sp³-hybridized carbons (Fsp3) is 0.280. The molecule has 0 amide bonds. The highest BCUT2D eigenvalue weighted by Crippen LogP contribution is 2.31. The minimum absolute atomic E-state index is 0.325. The highest BCUT2D eigenvalue weighted by molar-refractivity contribution is 6.14. The SMILES string of the molecule is Cc1ccc2c(c1)C(=NC1CCN(Cc3ccccc3)CC1)Nc1cccnc1N2. The fourth-order valence-corrected chi connectivity index (χ4v) is 4.22. The Bertz CT molecular complexity index is 1050. The predicted octanol–water partition coefficient (Wildman–Crippen LogP) is 4.97. The molecule has 0 radical (unpaired) electrons. The van der Waals surface area contributed by atoms with Crippen LogP contribution in [0.25, 0.3) is 0 Å². The first-order chi connectivity index (χ1) is 14.7. The number of fused-ring (bicyclic) bond motifs is 2. The number of nitrogens with zero attached hydrogens (tertiary/aromatic N) is 3. The van der Waals surface area contributed by atoms with Crippen LogP contribution in [0.1, 0.15) is 29.5 Å². The number of pyridine rings is 1. The van der Waals surface area contributed by atoms with E-state index in [-0.39, 0.29) is 0 Å². The van der Waals surface area contributed by atoms with Gasteiger partial charge in [-0.2, -0.15) is 0 Å². The Morgan fingerprint density at radius 3 is 2.63 bits per heavy atom. The molecule has 2 N–H and O–H groups in total. The minimum atomic E-state index is 0.325. The monoisotopic (exact) mass is 397 g/mol. The van der Waals surface area contributed by atoms with Crippen molar-refractivity contribution in [2.75, 3.05) is 23.7 Å². The third kappa shape index (κ3) is 4.07. The summed E-state index contributed by atoms with van der Waals surface area (Å²) in [6, 6.07) is 21.5. The van der Waals surface area contributed by atoms with Gasteiger partial charge in [-0.05, 0) is 49.6 Å². The quantitative estimate of drug-likeness (QED) is 0.655. The van der Waals surface area contributed by atoms with Gasteiger partial charge < -0.3 is 10.6 Å². The van der Waals surface area contributed by atoms with Crippen LogP contribution in [0.3, 0.4) is 0 Å². The Balaban J connectivity index is 1.36. The van der Waals surface area contributed by atoms with E-state index < -0.39 is 0 Å². The first kappa shape index (κ1) is 18.8. The summed E-state index contributed by atoms with van der Waals surface area (Å²) in [6.45, 7) is 5.30. The maximum atomic E-state index is 5.19. The van der Waals surface area contributed by atoms with Crippen LogP contribution in [-0.2, 0) is 6.54 Å². The molecule has 2 aliphatic rings. The first-order valence-electron chi connectivity index (χ1n) is 10.7. The van der Waals surface area contributed by atoms with Crippen molar-refractivity contribution in [1.82, 2.24) is 9.88 Å². The molecule has 152 valence electrons. The predicted molar refractivity (Wildman–Crippen MR) is 124 cm³/mol. The molecular weight excluding hydrogens is 370 g/mol. The molecule has 0 atom stereocenters. The minimum Gasteiger partial charge on any atom is -0.338 e. The average Bonchev–Trinajstić information content (AvgIpc) is 2.92. The topological polar surface area (TPSA) is 52.5 Å². The van der Waals surface area contributed by atoms with Crippen LogP contribution in [0.4, 0.5) is 17.2 Å². The number of hydrogen-bond acceptors (Lipinski definition) is 4. The number of piperidine rings is 1. The van der Waals surface area contributed by atoms with E-state index >= 15 is 0 Å². The molecule has 5 heteroatoms. The summed E-state index contributed by atoms with van der Waals surface area (Å²) in [5, 5.41) is 7.02. The van der Waals surface area contributed by atoms with Crippen LogP contribution < -0.4 is 10.6 Å². The molecule has 0 aliphatic carbocycles. The van der Waals surface area contributed by atoms with Crippen molar-refractivity contribution in [3.05, 3.63) is 83.6 Å². The number of hydrogen-bond donors (Lipinski definition) is 2. The van der Waals surface area contributed by atoms with Crippen LogP contribution in [-0.4, -0.2) is 34.9 Å². The number of amidine groups is 1. The van der Waals surface area contributed by atoms with Gasteiger partial charge in [-0.1, -0.05) is 42.0 Å². The van der Waals surface area contributed by atoms with E-state index in [0.29, 0.717) is 6.04 Å². The lowest BCUT2D eigenvalue weighted by molar-refractivity contribution is 0.206. The molecule has 3 heterocycles. The Hall–Kier alpha value is -3.18. The zero-order chi connectivity index (χ0) is 20.3. The normalized spacial score (nSPS) is 18.1. The number of aryl methyl sites for hydroxylation is 1. The molecule has 3 aromatic rings. The second-order valence-electron chi connectivity index (χ2n) is 8.17. The van der Waals surface area contributed by atoms with Crippen molar-refractivity contribution < 1.29 is 0 Å². The van der Waals surface area contributed by atoms with Crippen molar-refractivity contribution in [2.24, 2.45) is 4.99 Å². The van der Waals surface area contributed by atoms with Crippen LogP contribution in [0.5, 0.6) is 0 Å².